The molecule has 0 saturated heterocycles. The summed E-state index contributed by atoms with van der Waals surface area (Å²) in [5.41, 5.74) is 1.95. The number of aromatic nitrogens is 2. The summed E-state index contributed by atoms with van der Waals surface area (Å²) in [6.45, 7) is 6.13. The molecule has 5 heteroatoms. The van der Waals surface area contributed by atoms with Gasteiger partial charge in [0.1, 0.15) is 5.82 Å². The minimum absolute atomic E-state index is 0.266. The predicted molar refractivity (Wildman–Crippen MR) is 75.7 cm³/mol. The van der Waals surface area contributed by atoms with Gasteiger partial charge in [0.15, 0.2) is 0 Å². The second kappa shape index (κ2) is 4.78. The maximum absolute atomic E-state index is 5.95. The van der Waals surface area contributed by atoms with Crippen LogP contribution in [0, 0.1) is 6.92 Å². The summed E-state index contributed by atoms with van der Waals surface area (Å²) in [6, 6.07) is 4.29. The van der Waals surface area contributed by atoms with Crippen molar-refractivity contribution in [1.82, 2.24) is 9.97 Å². The largest absolute Gasteiger partial charge is 0.367 e. The molecular formula is C12H13BrClN3. The molecule has 1 aromatic carbocycles. The summed E-state index contributed by atoms with van der Waals surface area (Å²) in [5, 5.41) is 4.54. The van der Waals surface area contributed by atoms with Crippen LogP contribution in [0.4, 0.5) is 5.82 Å². The van der Waals surface area contributed by atoms with Gasteiger partial charge in [-0.3, -0.25) is 0 Å². The van der Waals surface area contributed by atoms with Gasteiger partial charge in [-0.2, -0.15) is 0 Å². The third-order valence-corrected chi connectivity index (χ3v) is 3.48. The number of nitrogens with zero attached hydrogens (tertiary/aromatic N) is 2. The van der Waals surface area contributed by atoms with Crippen LogP contribution in [0.25, 0.3) is 10.9 Å². The standard InChI is InChI=1S/C12H13BrClN3/c1-6(2)15-11-8-4-5-9(13)7(3)10(8)16-12(14)17-11/h4-6H,1-3H3,(H,15,16,17). The van der Waals surface area contributed by atoms with Gasteiger partial charge >= 0.3 is 0 Å². The Bertz CT molecular complexity index is 569. The first kappa shape index (κ1) is 12.6. The van der Waals surface area contributed by atoms with E-state index in [1.165, 1.54) is 0 Å². The molecule has 0 aliphatic rings. The number of anilines is 1. The van der Waals surface area contributed by atoms with Gasteiger partial charge in [0, 0.05) is 15.9 Å². The number of benzene rings is 1. The molecule has 3 nitrogen and oxygen atoms in total. The molecule has 0 fully saturated rings. The van der Waals surface area contributed by atoms with Crippen molar-refractivity contribution in [2.75, 3.05) is 5.32 Å². The minimum Gasteiger partial charge on any atom is -0.367 e. The first-order chi connectivity index (χ1) is 7.99. The Morgan fingerprint density at radius 3 is 2.65 bits per heavy atom. The van der Waals surface area contributed by atoms with E-state index >= 15 is 0 Å². The van der Waals surface area contributed by atoms with E-state index in [-0.39, 0.29) is 5.28 Å². The number of rotatable bonds is 2. The second-order valence-corrected chi connectivity index (χ2v) is 5.40. The number of nitrogens with one attached hydrogen (secondary N) is 1. The minimum atomic E-state index is 0.266. The van der Waals surface area contributed by atoms with Crippen molar-refractivity contribution in [3.05, 3.63) is 27.5 Å². The molecule has 1 N–H and O–H groups in total. The fourth-order valence-corrected chi connectivity index (χ4v) is 2.15. The van der Waals surface area contributed by atoms with Crippen molar-refractivity contribution in [2.24, 2.45) is 0 Å². The lowest BCUT2D eigenvalue weighted by Gasteiger charge is -2.13. The highest BCUT2D eigenvalue weighted by Crippen LogP contribution is 2.29. The number of aryl methyl sites for hydroxylation is 1. The number of fused-ring (bicyclic) bond motifs is 1. The van der Waals surface area contributed by atoms with Crippen LogP contribution >= 0.6 is 27.5 Å². The zero-order valence-electron chi connectivity index (χ0n) is 9.88. The Kier molecular flexibility index (Phi) is 3.54. The lowest BCUT2D eigenvalue weighted by Crippen LogP contribution is -2.12. The summed E-state index contributed by atoms with van der Waals surface area (Å²) in [7, 11) is 0. The smallest absolute Gasteiger partial charge is 0.224 e. The predicted octanol–water partition coefficient (Wildman–Crippen LogP) is 4.17. The normalized spacial score (nSPS) is 11.2. The van der Waals surface area contributed by atoms with E-state index < -0.39 is 0 Å². The number of hydrogen-bond acceptors (Lipinski definition) is 3. The van der Waals surface area contributed by atoms with Gasteiger partial charge in [0.05, 0.1) is 5.52 Å². The SMILES string of the molecule is Cc1c(Br)ccc2c(NC(C)C)nc(Cl)nc12. The Labute approximate surface area is 114 Å². The molecule has 2 rings (SSSR count). The summed E-state index contributed by atoms with van der Waals surface area (Å²) in [4.78, 5) is 8.53. The summed E-state index contributed by atoms with van der Waals surface area (Å²) in [5.74, 6) is 0.783. The van der Waals surface area contributed by atoms with Crippen molar-refractivity contribution < 1.29 is 0 Å². The van der Waals surface area contributed by atoms with E-state index in [9.17, 15) is 0 Å². The van der Waals surface area contributed by atoms with E-state index in [1.54, 1.807) is 0 Å². The van der Waals surface area contributed by atoms with E-state index in [2.05, 4.69) is 45.1 Å². The quantitative estimate of drug-likeness (QED) is 0.845. The Morgan fingerprint density at radius 1 is 1.29 bits per heavy atom. The topological polar surface area (TPSA) is 37.8 Å². The lowest BCUT2D eigenvalue weighted by atomic mass is 10.1. The summed E-state index contributed by atoms with van der Waals surface area (Å²) >= 11 is 9.45. The molecule has 0 amide bonds. The van der Waals surface area contributed by atoms with Crippen LogP contribution in [0.5, 0.6) is 0 Å². The second-order valence-electron chi connectivity index (χ2n) is 4.21. The Hall–Kier alpha value is -0.870. The molecule has 1 aromatic heterocycles. The molecular weight excluding hydrogens is 302 g/mol. The van der Waals surface area contributed by atoms with E-state index in [0.29, 0.717) is 6.04 Å². The van der Waals surface area contributed by atoms with Crippen molar-refractivity contribution >= 4 is 44.3 Å². The fourth-order valence-electron chi connectivity index (χ4n) is 1.66. The van der Waals surface area contributed by atoms with E-state index in [0.717, 1.165) is 26.8 Å². The van der Waals surface area contributed by atoms with Gasteiger partial charge in [-0.25, -0.2) is 9.97 Å². The third kappa shape index (κ3) is 2.53. The molecule has 17 heavy (non-hydrogen) atoms. The summed E-state index contributed by atoms with van der Waals surface area (Å²) < 4.78 is 1.02. The molecule has 1 heterocycles. The first-order valence-electron chi connectivity index (χ1n) is 5.38. The highest BCUT2D eigenvalue weighted by atomic mass is 79.9. The first-order valence-corrected chi connectivity index (χ1v) is 6.55. The van der Waals surface area contributed by atoms with E-state index in [1.807, 2.05) is 19.1 Å². The molecule has 0 bridgehead atoms. The van der Waals surface area contributed by atoms with Crippen molar-refractivity contribution in [3.63, 3.8) is 0 Å². The van der Waals surface area contributed by atoms with Gasteiger partial charge in [0.2, 0.25) is 5.28 Å². The lowest BCUT2D eigenvalue weighted by molar-refractivity contribution is 0.890. The van der Waals surface area contributed by atoms with E-state index in [4.69, 9.17) is 11.6 Å². The van der Waals surface area contributed by atoms with Crippen LogP contribution in [-0.2, 0) is 0 Å². The van der Waals surface area contributed by atoms with Gasteiger partial charge in [0.25, 0.3) is 0 Å². The molecule has 0 atom stereocenters. The highest BCUT2D eigenvalue weighted by molar-refractivity contribution is 9.10. The molecule has 90 valence electrons. The maximum atomic E-state index is 5.95. The zero-order valence-corrected chi connectivity index (χ0v) is 12.2. The monoisotopic (exact) mass is 313 g/mol. The van der Waals surface area contributed by atoms with Gasteiger partial charge in [-0.05, 0) is 50.1 Å². The highest BCUT2D eigenvalue weighted by Gasteiger charge is 2.10. The summed E-state index contributed by atoms with van der Waals surface area (Å²) in [6.07, 6.45) is 0. The molecule has 0 spiro atoms. The van der Waals surface area contributed by atoms with Crippen LogP contribution in [0.2, 0.25) is 5.28 Å². The van der Waals surface area contributed by atoms with Crippen molar-refractivity contribution in [1.29, 1.82) is 0 Å². The van der Waals surface area contributed by atoms with Gasteiger partial charge in [-0.1, -0.05) is 15.9 Å². The number of hydrogen-bond donors (Lipinski definition) is 1. The van der Waals surface area contributed by atoms with Crippen LogP contribution in [0.1, 0.15) is 19.4 Å². The Balaban J connectivity index is 2.72. The van der Waals surface area contributed by atoms with Gasteiger partial charge in [-0.15, -0.1) is 0 Å². The molecule has 0 unspecified atom stereocenters. The van der Waals surface area contributed by atoms with Crippen LogP contribution in [0.3, 0.4) is 0 Å². The van der Waals surface area contributed by atoms with Crippen LogP contribution in [0.15, 0.2) is 16.6 Å². The molecule has 0 aliphatic carbocycles. The molecule has 0 radical (unpaired) electrons. The zero-order chi connectivity index (χ0) is 12.6. The van der Waals surface area contributed by atoms with Crippen molar-refractivity contribution in [3.8, 4) is 0 Å². The molecule has 2 aromatic rings. The Morgan fingerprint density at radius 2 is 2.00 bits per heavy atom. The third-order valence-electron chi connectivity index (χ3n) is 2.45. The molecule has 0 aliphatic heterocycles. The number of halogens is 2. The fraction of sp³-hybridized carbons (Fsp3) is 0.333. The van der Waals surface area contributed by atoms with Crippen LogP contribution < -0.4 is 5.32 Å². The maximum Gasteiger partial charge on any atom is 0.224 e. The van der Waals surface area contributed by atoms with Crippen molar-refractivity contribution in [2.45, 2.75) is 26.8 Å². The van der Waals surface area contributed by atoms with Crippen LogP contribution in [-0.4, -0.2) is 16.0 Å². The average Bonchev–Trinajstić information content (AvgIpc) is 2.23. The van der Waals surface area contributed by atoms with Gasteiger partial charge < -0.3 is 5.32 Å². The average molecular weight is 315 g/mol. The molecule has 0 saturated carbocycles.